The van der Waals surface area contributed by atoms with Gasteiger partial charge >= 0.3 is 0 Å². The second-order valence-electron chi connectivity index (χ2n) is 4.21. The van der Waals surface area contributed by atoms with E-state index >= 15 is 0 Å². The highest BCUT2D eigenvalue weighted by Crippen LogP contribution is 2.39. The van der Waals surface area contributed by atoms with Crippen molar-refractivity contribution in [2.24, 2.45) is 0 Å². The lowest BCUT2D eigenvalue weighted by Gasteiger charge is -2.46. The Morgan fingerprint density at radius 2 is 2.25 bits per heavy atom. The molecular weight excluding hydrogens is 154 g/mol. The molecule has 1 unspecified atom stereocenters. The summed E-state index contributed by atoms with van der Waals surface area (Å²) in [5, 5.41) is 9.29. The van der Waals surface area contributed by atoms with E-state index in [4.69, 9.17) is 0 Å². The van der Waals surface area contributed by atoms with E-state index in [1.807, 2.05) is 4.90 Å². The number of carbonyl (C=O) groups excluding carboxylic acids is 1. The average molecular weight is 169 g/mol. The van der Waals surface area contributed by atoms with Crippen LogP contribution in [-0.4, -0.2) is 34.1 Å². The standard InChI is InChI=1S/C9H15NO2/c1-9(3-2-4-9)10-6-7(11)5-8(10)12/h7,11H,2-6H2,1H3. The van der Waals surface area contributed by atoms with Crippen molar-refractivity contribution >= 4 is 5.91 Å². The summed E-state index contributed by atoms with van der Waals surface area (Å²) in [5.74, 6) is 0.129. The lowest BCUT2D eigenvalue weighted by Crippen LogP contribution is -2.52. The van der Waals surface area contributed by atoms with Crippen molar-refractivity contribution in [2.45, 2.75) is 44.2 Å². The van der Waals surface area contributed by atoms with Gasteiger partial charge in [0.15, 0.2) is 0 Å². The van der Waals surface area contributed by atoms with E-state index in [0.29, 0.717) is 13.0 Å². The molecule has 12 heavy (non-hydrogen) atoms. The SMILES string of the molecule is CC1(N2CC(O)CC2=O)CCC1. The molecule has 68 valence electrons. The number of hydrogen-bond acceptors (Lipinski definition) is 2. The molecule has 0 bridgehead atoms. The molecule has 0 spiro atoms. The molecule has 1 saturated carbocycles. The molecule has 0 aromatic rings. The van der Waals surface area contributed by atoms with Gasteiger partial charge in [0.05, 0.1) is 12.5 Å². The molecule has 1 aliphatic heterocycles. The van der Waals surface area contributed by atoms with Crippen LogP contribution in [0.25, 0.3) is 0 Å². The van der Waals surface area contributed by atoms with E-state index in [2.05, 4.69) is 6.92 Å². The topological polar surface area (TPSA) is 40.5 Å². The van der Waals surface area contributed by atoms with Crippen LogP contribution in [0.4, 0.5) is 0 Å². The molecule has 0 aromatic heterocycles. The Balaban J connectivity index is 2.08. The summed E-state index contributed by atoms with van der Waals surface area (Å²) in [4.78, 5) is 13.3. The Labute approximate surface area is 72.4 Å². The number of likely N-dealkylation sites (tertiary alicyclic amines) is 1. The van der Waals surface area contributed by atoms with Crippen molar-refractivity contribution < 1.29 is 9.90 Å². The van der Waals surface area contributed by atoms with Crippen molar-refractivity contribution in [1.29, 1.82) is 0 Å². The molecule has 3 heteroatoms. The zero-order valence-electron chi connectivity index (χ0n) is 7.42. The number of aliphatic hydroxyl groups is 1. The van der Waals surface area contributed by atoms with Gasteiger partial charge in [-0.3, -0.25) is 4.79 Å². The third-order valence-electron chi connectivity index (χ3n) is 3.19. The van der Waals surface area contributed by atoms with E-state index in [1.54, 1.807) is 0 Å². The molecule has 2 aliphatic rings. The van der Waals surface area contributed by atoms with Gasteiger partial charge in [0.2, 0.25) is 5.91 Å². The molecule has 1 atom stereocenters. The first-order valence-electron chi connectivity index (χ1n) is 4.60. The summed E-state index contributed by atoms with van der Waals surface area (Å²) in [7, 11) is 0. The average Bonchev–Trinajstić information content (AvgIpc) is 2.25. The van der Waals surface area contributed by atoms with E-state index in [-0.39, 0.29) is 11.4 Å². The van der Waals surface area contributed by atoms with Gasteiger partial charge in [0, 0.05) is 12.1 Å². The fourth-order valence-electron chi connectivity index (χ4n) is 2.17. The van der Waals surface area contributed by atoms with Crippen LogP contribution < -0.4 is 0 Å². The van der Waals surface area contributed by atoms with Gasteiger partial charge < -0.3 is 10.0 Å². The zero-order valence-corrected chi connectivity index (χ0v) is 7.42. The maximum absolute atomic E-state index is 11.4. The largest absolute Gasteiger partial charge is 0.391 e. The molecule has 1 saturated heterocycles. The fraction of sp³-hybridized carbons (Fsp3) is 0.889. The molecule has 2 rings (SSSR count). The van der Waals surface area contributed by atoms with E-state index in [0.717, 1.165) is 12.8 Å². The summed E-state index contributed by atoms with van der Waals surface area (Å²) in [5.41, 5.74) is 0.0779. The molecule has 1 amide bonds. The number of aliphatic hydroxyl groups excluding tert-OH is 1. The third kappa shape index (κ3) is 1.04. The molecule has 0 aromatic carbocycles. The van der Waals surface area contributed by atoms with E-state index in [9.17, 15) is 9.90 Å². The predicted octanol–water partition coefficient (Wildman–Crippen LogP) is 0.522. The Morgan fingerprint density at radius 3 is 2.58 bits per heavy atom. The highest BCUT2D eigenvalue weighted by atomic mass is 16.3. The van der Waals surface area contributed by atoms with Gasteiger partial charge in [-0.2, -0.15) is 0 Å². The molecule has 1 N–H and O–H groups in total. The van der Waals surface area contributed by atoms with Crippen molar-refractivity contribution in [3.05, 3.63) is 0 Å². The summed E-state index contributed by atoms with van der Waals surface area (Å²) >= 11 is 0. The van der Waals surface area contributed by atoms with Crippen molar-refractivity contribution in [3.8, 4) is 0 Å². The molecular formula is C9H15NO2. The molecule has 0 radical (unpaired) electrons. The van der Waals surface area contributed by atoms with Crippen LogP contribution in [0.1, 0.15) is 32.6 Å². The van der Waals surface area contributed by atoms with Crippen LogP contribution in [-0.2, 0) is 4.79 Å². The first-order chi connectivity index (χ1) is 5.62. The van der Waals surface area contributed by atoms with Crippen molar-refractivity contribution in [1.82, 2.24) is 4.90 Å². The van der Waals surface area contributed by atoms with Gasteiger partial charge in [-0.15, -0.1) is 0 Å². The minimum Gasteiger partial charge on any atom is -0.391 e. The highest BCUT2D eigenvalue weighted by molar-refractivity contribution is 5.80. The number of amides is 1. The normalized spacial score (nSPS) is 33.7. The van der Waals surface area contributed by atoms with Crippen LogP contribution in [0.5, 0.6) is 0 Å². The van der Waals surface area contributed by atoms with Gasteiger partial charge in [0.1, 0.15) is 0 Å². The minimum absolute atomic E-state index is 0.0779. The second-order valence-corrected chi connectivity index (χ2v) is 4.21. The lowest BCUT2D eigenvalue weighted by atomic mass is 9.77. The van der Waals surface area contributed by atoms with Crippen molar-refractivity contribution in [2.75, 3.05) is 6.54 Å². The molecule has 1 aliphatic carbocycles. The minimum atomic E-state index is -0.421. The Kier molecular flexibility index (Phi) is 1.65. The Morgan fingerprint density at radius 1 is 1.58 bits per heavy atom. The Bertz CT molecular complexity index is 211. The Hall–Kier alpha value is -0.570. The molecule has 2 fully saturated rings. The number of carbonyl (C=O) groups is 1. The van der Waals surface area contributed by atoms with Gasteiger partial charge in [0.25, 0.3) is 0 Å². The van der Waals surface area contributed by atoms with E-state index < -0.39 is 6.10 Å². The van der Waals surface area contributed by atoms with Gasteiger partial charge in [-0.1, -0.05) is 0 Å². The van der Waals surface area contributed by atoms with Crippen LogP contribution in [0.2, 0.25) is 0 Å². The van der Waals surface area contributed by atoms with E-state index in [1.165, 1.54) is 6.42 Å². The number of nitrogens with zero attached hydrogens (tertiary/aromatic N) is 1. The third-order valence-corrected chi connectivity index (χ3v) is 3.19. The zero-order chi connectivity index (χ0) is 8.77. The summed E-state index contributed by atoms with van der Waals surface area (Å²) in [6.45, 7) is 2.67. The fourth-order valence-corrected chi connectivity index (χ4v) is 2.17. The van der Waals surface area contributed by atoms with Crippen LogP contribution in [0.15, 0.2) is 0 Å². The number of β-amino-alcohol motifs (C(OH)–C–C–N with tert-alkyl or cyclic N) is 1. The smallest absolute Gasteiger partial charge is 0.225 e. The maximum Gasteiger partial charge on any atom is 0.225 e. The number of rotatable bonds is 1. The lowest BCUT2D eigenvalue weighted by molar-refractivity contribution is -0.135. The monoisotopic (exact) mass is 169 g/mol. The van der Waals surface area contributed by atoms with Crippen LogP contribution >= 0.6 is 0 Å². The highest BCUT2D eigenvalue weighted by Gasteiger charge is 2.44. The molecule has 3 nitrogen and oxygen atoms in total. The quantitative estimate of drug-likeness (QED) is 0.621. The first kappa shape index (κ1) is 8.05. The van der Waals surface area contributed by atoms with Crippen molar-refractivity contribution in [3.63, 3.8) is 0 Å². The summed E-state index contributed by atoms with van der Waals surface area (Å²) in [6.07, 6.45) is 3.33. The van der Waals surface area contributed by atoms with Gasteiger partial charge in [-0.05, 0) is 26.2 Å². The van der Waals surface area contributed by atoms with Gasteiger partial charge in [-0.25, -0.2) is 0 Å². The van der Waals surface area contributed by atoms with Crippen LogP contribution in [0, 0.1) is 0 Å². The predicted molar refractivity (Wildman–Crippen MR) is 44.6 cm³/mol. The molecule has 1 heterocycles. The summed E-state index contributed by atoms with van der Waals surface area (Å²) < 4.78 is 0. The second kappa shape index (κ2) is 2.46. The summed E-state index contributed by atoms with van der Waals surface area (Å²) in [6, 6.07) is 0. The first-order valence-corrected chi connectivity index (χ1v) is 4.60. The van der Waals surface area contributed by atoms with Crippen LogP contribution in [0.3, 0.4) is 0 Å². The number of hydrogen-bond donors (Lipinski definition) is 1. The maximum atomic E-state index is 11.4.